The lowest BCUT2D eigenvalue weighted by Crippen LogP contribution is -2.35. The fourth-order valence-corrected chi connectivity index (χ4v) is 1.70. The minimum Gasteiger partial charge on any atom is -0.391 e. The second-order valence-corrected chi connectivity index (χ2v) is 4.76. The summed E-state index contributed by atoms with van der Waals surface area (Å²) in [5.41, 5.74) is 0.714. The molecule has 0 saturated carbocycles. The van der Waals surface area contributed by atoms with Crippen molar-refractivity contribution in [2.24, 2.45) is 0 Å². The van der Waals surface area contributed by atoms with Gasteiger partial charge in [0.15, 0.2) is 0 Å². The number of amides is 2. The Morgan fingerprint density at radius 2 is 2.16 bits per heavy atom. The molecule has 1 aromatic carbocycles. The molecule has 7 nitrogen and oxygen atoms in total. The first-order valence-corrected chi connectivity index (χ1v) is 7.05. The van der Waals surface area contributed by atoms with Gasteiger partial charge in [-0.3, -0.25) is 10.1 Å². The van der Waals surface area contributed by atoms with Crippen LogP contribution in [0.4, 0.5) is 10.5 Å². The average molecular weight is 379 g/mol. The number of nitrogens with one attached hydrogen (secondary N) is 2. The van der Waals surface area contributed by atoms with Gasteiger partial charge in [-0.25, -0.2) is 4.79 Å². The molecule has 3 N–H and O–H groups in total. The van der Waals surface area contributed by atoms with Crippen molar-refractivity contribution in [3.8, 4) is 0 Å². The van der Waals surface area contributed by atoms with Crippen molar-refractivity contribution < 1.29 is 14.8 Å². The second-order valence-electron chi connectivity index (χ2n) is 3.68. The van der Waals surface area contributed by atoms with E-state index in [1.54, 1.807) is 6.07 Å². The largest absolute Gasteiger partial charge is 0.391 e. The molecular weight excluding hydrogens is 365 g/mol. The Morgan fingerprint density at radius 1 is 1.42 bits per heavy atom. The number of nitro benzene ring substituents is 1. The third-order valence-electron chi connectivity index (χ3n) is 2.35. The molecule has 0 unspecified atom stereocenters. The zero-order valence-corrected chi connectivity index (χ0v) is 12.2. The van der Waals surface area contributed by atoms with Crippen LogP contribution in [0.1, 0.15) is 11.1 Å². The van der Waals surface area contributed by atoms with Gasteiger partial charge in [-0.1, -0.05) is 28.7 Å². The molecule has 0 atom stereocenters. The molecule has 19 heavy (non-hydrogen) atoms. The molecule has 104 valence electrons. The van der Waals surface area contributed by atoms with E-state index in [1.807, 2.05) is 0 Å². The molecule has 0 bridgehead atoms. The zero-order valence-electron chi connectivity index (χ0n) is 10.1. The summed E-state index contributed by atoms with van der Waals surface area (Å²) in [5, 5.41) is 25.0. The van der Waals surface area contributed by atoms with Crippen LogP contribution < -0.4 is 10.6 Å². The monoisotopic (exact) mass is 379 g/mol. The summed E-state index contributed by atoms with van der Waals surface area (Å²) in [6, 6.07) is 4.16. The highest BCUT2D eigenvalue weighted by atomic mass is 127. The van der Waals surface area contributed by atoms with Crippen LogP contribution in [0.2, 0.25) is 0 Å². The van der Waals surface area contributed by atoms with Gasteiger partial charge < -0.3 is 15.7 Å². The number of aliphatic hydroxyl groups is 1. The topological polar surface area (TPSA) is 104 Å². The molecule has 0 spiro atoms. The van der Waals surface area contributed by atoms with E-state index in [9.17, 15) is 14.9 Å². The number of hydrogen-bond donors (Lipinski definition) is 3. The summed E-state index contributed by atoms with van der Waals surface area (Å²) in [5.74, 6) is 0. The molecule has 2 amide bonds. The van der Waals surface area contributed by atoms with Crippen LogP contribution in [0.3, 0.4) is 0 Å². The fraction of sp³-hybridized carbons (Fsp3) is 0.364. The lowest BCUT2D eigenvalue weighted by atomic mass is 10.1. The SMILES string of the molecule is O=C(NCCI)NCc1ccc(CO)c([N+](=O)[O-])c1. The van der Waals surface area contributed by atoms with Gasteiger partial charge in [0.05, 0.1) is 17.1 Å². The van der Waals surface area contributed by atoms with Crippen LogP contribution in [0.25, 0.3) is 0 Å². The van der Waals surface area contributed by atoms with Crippen LogP contribution in [0.5, 0.6) is 0 Å². The number of hydrogen-bond acceptors (Lipinski definition) is 4. The van der Waals surface area contributed by atoms with Crippen molar-refractivity contribution in [3.05, 3.63) is 39.4 Å². The van der Waals surface area contributed by atoms with E-state index in [-0.39, 0.29) is 30.4 Å². The Morgan fingerprint density at radius 3 is 2.74 bits per heavy atom. The highest BCUT2D eigenvalue weighted by molar-refractivity contribution is 14.1. The van der Waals surface area contributed by atoms with E-state index in [0.29, 0.717) is 12.1 Å². The Labute approximate surface area is 123 Å². The van der Waals surface area contributed by atoms with Gasteiger partial charge in [0.2, 0.25) is 0 Å². The van der Waals surface area contributed by atoms with E-state index in [2.05, 4.69) is 33.2 Å². The summed E-state index contributed by atoms with van der Waals surface area (Å²) in [4.78, 5) is 21.6. The summed E-state index contributed by atoms with van der Waals surface area (Å²) in [7, 11) is 0. The molecular formula is C11H14IN3O4. The highest BCUT2D eigenvalue weighted by Crippen LogP contribution is 2.20. The summed E-state index contributed by atoms with van der Waals surface area (Å²) >= 11 is 2.14. The maximum atomic E-state index is 11.3. The van der Waals surface area contributed by atoms with Crippen LogP contribution in [-0.2, 0) is 13.2 Å². The van der Waals surface area contributed by atoms with Crippen molar-refractivity contribution in [3.63, 3.8) is 0 Å². The van der Waals surface area contributed by atoms with Crippen molar-refractivity contribution in [1.29, 1.82) is 0 Å². The quantitative estimate of drug-likeness (QED) is 0.300. The Bertz CT molecular complexity index is 467. The molecule has 0 aliphatic rings. The maximum Gasteiger partial charge on any atom is 0.315 e. The number of carbonyl (C=O) groups is 1. The molecule has 0 aromatic heterocycles. The summed E-state index contributed by atoms with van der Waals surface area (Å²) in [6.45, 7) is 0.371. The number of benzene rings is 1. The molecule has 1 aromatic rings. The lowest BCUT2D eigenvalue weighted by Gasteiger charge is -2.07. The number of halogens is 1. The van der Waals surface area contributed by atoms with Crippen LogP contribution in [0.15, 0.2) is 18.2 Å². The Hall–Kier alpha value is -1.42. The van der Waals surface area contributed by atoms with E-state index >= 15 is 0 Å². The minimum atomic E-state index is -0.550. The van der Waals surface area contributed by atoms with Crippen molar-refractivity contribution >= 4 is 34.3 Å². The van der Waals surface area contributed by atoms with Gasteiger partial charge in [-0.2, -0.15) is 0 Å². The summed E-state index contributed by atoms with van der Waals surface area (Å²) < 4.78 is 0.807. The predicted molar refractivity (Wildman–Crippen MR) is 78.1 cm³/mol. The van der Waals surface area contributed by atoms with Gasteiger partial charge in [0.25, 0.3) is 5.69 Å². The Kier molecular flexibility index (Phi) is 6.50. The molecule has 0 heterocycles. The molecule has 0 saturated heterocycles. The van der Waals surface area contributed by atoms with Crippen molar-refractivity contribution in [1.82, 2.24) is 10.6 Å². The first kappa shape index (κ1) is 15.6. The number of alkyl halides is 1. The van der Waals surface area contributed by atoms with Crippen LogP contribution in [0, 0.1) is 10.1 Å². The average Bonchev–Trinajstić information content (AvgIpc) is 2.42. The van der Waals surface area contributed by atoms with Crippen LogP contribution >= 0.6 is 22.6 Å². The number of aliphatic hydroxyl groups excluding tert-OH is 1. The molecule has 8 heteroatoms. The second kappa shape index (κ2) is 7.89. The van der Waals surface area contributed by atoms with Gasteiger partial charge in [0, 0.05) is 23.6 Å². The van der Waals surface area contributed by atoms with E-state index in [1.165, 1.54) is 12.1 Å². The molecule has 1 rings (SSSR count). The molecule has 0 fully saturated rings. The van der Waals surface area contributed by atoms with Gasteiger partial charge in [0.1, 0.15) is 0 Å². The first-order valence-electron chi connectivity index (χ1n) is 5.53. The normalized spacial score (nSPS) is 10.0. The predicted octanol–water partition coefficient (Wildman–Crippen LogP) is 1.32. The van der Waals surface area contributed by atoms with E-state index in [4.69, 9.17) is 5.11 Å². The van der Waals surface area contributed by atoms with Crippen LogP contribution in [-0.4, -0.2) is 27.0 Å². The maximum absolute atomic E-state index is 11.3. The fourth-order valence-electron chi connectivity index (χ4n) is 1.43. The first-order chi connectivity index (χ1) is 9.08. The standard InChI is InChI=1S/C11H14IN3O4/c12-3-4-13-11(17)14-6-8-1-2-9(7-16)10(5-8)15(18)19/h1-2,5,16H,3-4,6-7H2,(H2,13,14,17). The molecule has 0 radical (unpaired) electrons. The van der Waals surface area contributed by atoms with E-state index in [0.717, 1.165) is 4.43 Å². The lowest BCUT2D eigenvalue weighted by molar-refractivity contribution is -0.385. The number of urea groups is 1. The highest BCUT2D eigenvalue weighted by Gasteiger charge is 2.13. The van der Waals surface area contributed by atoms with Gasteiger partial charge in [-0.05, 0) is 11.6 Å². The molecule has 0 aliphatic carbocycles. The third-order valence-corrected chi connectivity index (χ3v) is 2.89. The smallest absolute Gasteiger partial charge is 0.315 e. The van der Waals surface area contributed by atoms with Crippen molar-refractivity contribution in [2.75, 3.05) is 11.0 Å². The number of rotatable bonds is 6. The minimum absolute atomic E-state index is 0.144. The summed E-state index contributed by atoms with van der Waals surface area (Å²) in [6.07, 6.45) is 0. The Balaban J connectivity index is 2.67. The van der Waals surface area contributed by atoms with Gasteiger partial charge >= 0.3 is 6.03 Å². The number of nitro groups is 1. The molecule has 0 aliphatic heterocycles. The zero-order chi connectivity index (χ0) is 14.3. The van der Waals surface area contributed by atoms with Crippen molar-refractivity contribution in [2.45, 2.75) is 13.2 Å². The number of nitrogens with zero attached hydrogens (tertiary/aromatic N) is 1. The van der Waals surface area contributed by atoms with Gasteiger partial charge in [-0.15, -0.1) is 0 Å². The van der Waals surface area contributed by atoms with E-state index < -0.39 is 4.92 Å². The third kappa shape index (κ3) is 4.99. The number of carbonyl (C=O) groups excluding carboxylic acids is 1.